The molecule has 100 valence electrons. The van der Waals surface area contributed by atoms with E-state index in [0.717, 1.165) is 16.9 Å². The lowest BCUT2D eigenvalue weighted by molar-refractivity contribution is 0.618. The minimum atomic E-state index is -0.225. The molecule has 0 fully saturated rings. The molecule has 3 aromatic rings. The van der Waals surface area contributed by atoms with Gasteiger partial charge in [0.15, 0.2) is 0 Å². The fourth-order valence-corrected chi connectivity index (χ4v) is 2.08. The molecule has 0 amide bonds. The van der Waals surface area contributed by atoms with Gasteiger partial charge < -0.3 is 5.73 Å². The zero-order chi connectivity index (χ0) is 14.1. The number of benzene rings is 2. The first-order chi connectivity index (χ1) is 9.65. The Bertz CT molecular complexity index is 764. The van der Waals surface area contributed by atoms with Gasteiger partial charge in [0, 0.05) is 11.3 Å². The van der Waals surface area contributed by atoms with Gasteiger partial charge >= 0.3 is 0 Å². The van der Waals surface area contributed by atoms with Crippen molar-refractivity contribution in [2.45, 2.75) is 6.92 Å². The molecule has 1 heterocycles. The predicted octanol–water partition coefficient (Wildman–Crippen LogP) is 2.96. The zero-order valence-electron chi connectivity index (χ0n) is 10.9. The Hall–Kier alpha value is -2.69. The molecule has 0 saturated carbocycles. The fraction of sp³-hybridized carbons (Fsp3) is 0.0667. The maximum absolute atomic E-state index is 13.4. The number of hydrogen-bond donors (Lipinski definition) is 1. The van der Waals surface area contributed by atoms with Gasteiger partial charge in [0.05, 0.1) is 17.6 Å². The highest BCUT2D eigenvalue weighted by atomic mass is 19.1. The Morgan fingerprint density at radius 1 is 1.15 bits per heavy atom. The van der Waals surface area contributed by atoms with Gasteiger partial charge in [0.25, 0.3) is 0 Å². The molecule has 0 atom stereocenters. The van der Waals surface area contributed by atoms with Crippen molar-refractivity contribution < 1.29 is 4.39 Å². The van der Waals surface area contributed by atoms with Crippen molar-refractivity contribution in [1.82, 2.24) is 15.0 Å². The topological polar surface area (TPSA) is 56.7 Å². The second-order valence-electron chi connectivity index (χ2n) is 4.59. The lowest BCUT2D eigenvalue weighted by atomic mass is 10.1. The lowest BCUT2D eigenvalue weighted by Gasteiger charge is -2.08. The summed E-state index contributed by atoms with van der Waals surface area (Å²) in [5.41, 5.74) is 9.49. The molecule has 5 heteroatoms. The highest BCUT2D eigenvalue weighted by Crippen LogP contribution is 2.24. The van der Waals surface area contributed by atoms with Crippen molar-refractivity contribution in [2.24, 2.45) is 0 Å². The summed E-state index contributed by atoms with van der Waals surface area (Å²) in [5, 5.41) is 8.01. The average molecular weight is 268 g/mol. The summed E-state index contributed by atoms with van der Waals surface area (Å²) in [4.78, 5) is 0. The number of halogens is 1. The first-order valence-electron chi connectivity index (χ1n) is 6.18. The number of rotatable bonds is 2. The molecule has 4 nitrogen and oxygen atoms in total. The Balaban J connectivity index is 2.12. The van der Waals surface area contributed by atoms with E-state index >= 15 is 0 Å². The number of nitrogens with two attached hydrogens (primary N) is 1. The van der Waals surface area contributed by atoms with Crippen LogP contribution in [0.25, 0.3) is 16.9 Å². The highest BCUT2D eigenvalue weighted by Gasteiger charge is 2.10. The van der Waals surface area contributed by atoms with Gasteiger partial charge in [-0.05, 0) is 48.9 Å². The number of hydrogen-bond acceptors (Lipinski definition) is 3. The van der Waals surface area contributed by atoms with Crippen LogP contribution < -0.4 is 5.73 Å². The standard InChI is InChI=1S/C15H13FN4/c1-10-7-11(5-6-14(10)16)15-9-18-19-20(15)13-4-2-3-12(17)8-13/h2-9H,17H2,1H3. The number of aromatic nitrogens is 3. The quantitative estimate of drug-likeness (QED) is 0.727. The third kappa shape index (κ3) is 2.14. The Morgan fingerprint density at radius 2 is 2.00 bits per heavy atom. The smallest absolute Gasteiger partial charge is 0.126 e. The van der Waals surface area contributed by atoms with Crippen LogP contribution in [0.15, 0.2) is 48.7 Å². The minimum absolute atomic E-state index is 0.225. The first-order valence-corrected chi connectivity index (χ1v) is 6.18. The van der Waals surface area contributed by atoms with Crippen molar-refractivity contribution in [3.63, 3.8) is 0 Å². The molecular weight excluding hydrogens is 255 g/mol. The Labute approximate surface area is 115 Å². The van der Waals surface area contributed by atoms with Crippen LogP contribution >= 0.6 is 0 Å². The molecule has 2 N–H and O–H groups in total. The lowest BCUT2D eigenvalue weighted by Crippen LogP contribution is -2.00. The van der Waals surface area contributed by atoms with E-state index in [9.17, 15) is 4.39 Å². The van der Waals surface area contributed by atoms with Crippen molar-refractivity contribution in [3.8, 4) is 16.9 Å². The molecule has 0 saturated heterocycles. The summed E-state index contributed by atoms with van der Waals surface area (Å²) in [6, 6.07) is 12.3. The summed E-state index contributed by atoms with van der Waals surface area (Å²) in [6.45, 7) is 1.73. The second-order valence-corrected chi connectivity index (χ2v) is 4.59. The molecule has 0 aliphatic rings. The van der Waals surface area contributed by atoms with E-state index in [0.29, 0.717) is 11.3 Å². The second kappa shape index (κ2) is 4.77. The molecular formula is C15H13FN4. The van der Waals surface area contributed by atoms with Gasteiger partial charge in [-0.1, -0.05) is 11.3 Å². The van der Waals surface area contributed by atoms with E-state index in [1.807, 2.05) is 24.3 Å². The molecule has 20 heavy (non-hydrogen) atoms. The van der Waals surface area contributed by atoms with Crippen LogP contribution in [0, 0.1) is 12.7 Å². The van der Waals surface area contributed by atoms with Gasteiger partial charge in [-0.2, -0.15) is 0 Å². The van der Waals surface area contributed by atoms with Gasteiger partial charge in [-0.15, -0.1) is 5.10 Å². The van der Waals surface area contributed by atoms with E-state index in [1.165, 1.54) is 6.07 Å². The van der Waals surface area contributed by atoms with Crippen LogP contribution in [0.2, 0.25) is 0 Å². The number of nitrogens with zero attached hydrogens (tertiary/aromatic N) is 3. The summed E-state index contributed by atoms with van der Waals surface area (Å²) < 4.78 is 15.0. The number of anilines is 1. The molecule has 0 bridgehead atoms. The van der Waals surface area contributed by atoms with E-state index in [-0.39, 0.29) is 5.82 Å². The van der Waals surface area contributed by atoms with Crippen LogP contribution in [0.4, 0.5) is 10.1 Å². The Morgan fingerprint density at radius 3 is 2.75 bits per heavy atom. The minimum Gasteiger partial charge on any atom is -0.399 e. The van der Waals surface area contributed by atoms with Gasteiger partial charge in [-0.3, -0.25) is 0 Å². The molecule has 0 unspecified atom stereocenters. The molecule has 0 aliphatic carbocycles. The van der Waals surface area contributed by atoms with Crippen molar-refractivity contribution in [3.05, 3.63) is 60.0 Å². The summed E-state index contributed by atoms with van der Waals surface area (Å²) in [6.07, 6.45) is 1.65. The average Bonchev–Trinajstić information content (AvgIpc) is 2.91. The number of nitrogen functional groups attached to an aromatic ring is 1. The van der Waals surface area contributed by atoms with Crippen LogP contribution in [0.1, 0.15) is 5.56 Å². The fourth-order valence-electron chi connectivity index (χ4n) is 2.08. The maximum atomic E-state index is 13.4. The SMILES string of the molecule is Cc1cc(-c2cnnn2-c2cccc(N)c2)ccc1F. The monoisotopic (exact) mass is 268 g/mol. The molecule has 0 spiro atoms. The Kier molecular flexibility index (Phi) is 2.95. The third-order valence-electron chi connectivity index (χ3n) is 3.12. The van der Waals surface area contributed by atoms with Crippen molar-refractivity contribution >= 4 is 5.69 Å². The predicted molar refractivity (Wildman–Crippen MR) is 75.9 cm³/mol. The summed E-state index contributed by atoms with van der Waals surface area (Å²) in [7, 11) is 0. The van der Waals surface area contributed by atoms with Gasteiger partial charge in [0.2, 0.25) is 0 Å². The van der Waals surface area contributed by atoms with Gasteiger partial charge in [-0.25, -0.2) is 9.07 Å². The maximum Gasteiger partial charge on any atom is 0.126 e. The molecule has 3 rings (SSSR count). The summed E-state index contributed by atoms with van der Waals surface area (Å²) in [5.74, 6) is -0.225. The molecule has 1 aromatic heterocycles. The van der Waals surface area contributed by atoms with Gasteiger partial charge in [0.1, 0.15) is 5.82 Å². The molecule has 0 aliphatic heterocycles. The zero-order valence-corrected chi connectivity index (χ0v) is 10.9. The first kappa shape index (κ1) is 12.3. The normalized spacial score (nSPS) is 10.7. The number of aryl methyl sites for hydroxylation is 1. The van der Waals surface area contributed by atoms with E-state index in [4.69, 9.17) is 5.73 Å². The van der Waals surface area contributed by atoms with Crippen LogP contribution in [0.5, 0.6) is 0 Å². The largest absolute Gasteiger partial charge is 0.399 e. The van der Waals surface area contributed by atoms with E-state index < -0.39 is 0 Å². The van der Waals surface area contributed by atoms with E-state index in [1.54, 1.807) is 29.9 Å². The van der Waals surface area contributed by atoms with Crippen LogP contribution in [-0.2, 0) is 0 Å². The molecule has 0 radical (unpaired) electrons. The van der Waals surface area contributed by atoms with Crippen LogP contribution in [0.3, 0.4) is 0 Å². The van der Waals surface area contributed by atoms with Crippen molar-refractivity contribution in [2.75, 3.05) is 5.73 Å². The summed E-state index contributed by atoms with van der Waals surface area (Å²) >= 11 is 0. The third-order valence-corrected chi connectivity index (χ3v) is 3.12. The highest BCUT2D eigenvalue weighted by molar-refractivity contribution is 5.62. The molecule has 2 aromatic carbocycles. The van der Waals surface area contributed by atoms with Crippen LogP contribution in [-0.4, -0.2) is 15.0 Å². The van der Waals surface area contributed by atoms with Crippen molar-refractivity contribution in [1.29, 1.82) is 0 Å². The van der Waals surface area contributed by atoms with E-state index in [2.05, 4.69) is 10.3 Å².